The monoisotopic (exact) mass is 379 g/mol. The largest absolute Gasteiger partial charge is 0.383 e. The van der Waals surface area contributed by atoms with Crippen molar-refractivity contribution in [3.05, 3.63) is 42.0 Å². The van der Waals surface area contributed by atoms with Gasteiger partial charge in [-0.3, -0.25) is 0 Å². The summed E-state index contributed by atoms with van der Waals surface area (Å²) in [7, 11) is 1.69. The number of hydrogen-bond donors (Lipinski definition) is 1. The third-order valence-electron chi connectivity index (χ3n) is 5.89. The summed E-state index contributed by atoms with van der Waals surface area (Å²) < 4.78 is 7.66. The molecular formula is C23H29N3O2. The number of nitrogens with zero attached hydrogens (tertiary/aromatic N) is 2. The van der Waals surface area contributed by atoms with Crippen molar-refractivity contribution >= 4 is 33.5 Å². The first kappa shape index (κ1) is 18.8. The highest BCUT2D eigenvalue weighted by Gasteiger charge is 2.29. The fraction of sp³-hybridized carbons (Fsp3) is 0.435. The maximum atomic E-state index is 12.9. The molecule has 28 heavy (non-hydrogen) atoms. The lowest BCUT2D eigenvalue weighted by Gasteiger charge is -2.25. The van der Waals surface area contributed by atoms with Gasteiger partial charge in [0.25, 0.3) is 0 Å². The first-order valence-corrected chi connectivity index (χ1v) is 10.1. The number of aromatic nitrogens is 1. The second-order valence-corrected chi connectivity index (χ2v) is 7.99. The summed E-state index contributed by atoms with van der Waals surface area (Å²) in [5, 5.41) is 5.61. The van der Waals surface area contributed by atoms with Gasteiger partial charge in [-0.2, -0.15) is 0 Å². The first-order chi connectivity index (χ1) is 13.5. The predicted octanol–water partition coefficient (Wildman–Crippen LogP) is 5.33. The zero-order valence-electron chi connectivity index (χ0n) is 17.2. The van der Waals surface area contributed by atoms with Crippen LogP contribution in [-0.4, -0.2) is 41.8 Å². The van der Waals surface area contributed by atoms with Crippen LogP contribution in [0.25, 0.3) is 21.8 Å². The Kier molecular flexibility index (Phi) is 5.02. The predicted molar refractivity (Wildman–Crippen MR) is 115 cm³/mol. The van der Waals surface area contributed by atoms with E-state index in [1.807, 2.05) is 11.0 Å². The van der Waals surface area contributed by atoms with E-state index in [2.05, 4.69) is 61.0 Å². The van der Waals surface area contributed by atoms with Gasteiger partial charge in [-0.25, -0.2) is 4.79 Å². The first-order valence-electron chi connectivity index (χ1n) is 10.1. The van der Waals surface area contributed by atoms with Crippen molar-refractivity contribution in [2.75, 3.05) is 25.6 Å². The number of para-hydroxylation sites is 1. The second-order valence-electron chi connectivity index (χ2n) is 7.99. The molecular weight excluding hydrogens is 350 g/mol. The third kappa shape index (κ3) is 3.04. The van der Waals surface area contributed by atoms with Gasteiger partial charge in [0, 0.05) is 47.2 Å². The number of amides is 2. The molecule has 0 radical (unpaired) electrons. The molecule has 148 valence electrons. The molecule has 0 saturated carbocycles. The van der Waals surface area contributed by atoms with Crippen LogP contribution in [-0.2, 0) is 4.74 Å². The molecule has 2 heterocycles. The topological polar surface area (TPSA) is 46.5 Å². The van der Waals surface area contributed by atoms with Crippen LogP contribution < -0.4 is 5.32 Å². The molecule has 1 saturated heterocycles. The van der Waals surface area contributed by atoms with Crippen LogP contribution in [0.2, 0.25) is 0 Å². The van der Waals surface area contributed by atoms with E-state index in [4.69, 9.17) is 4.74 Å². The molecule has 1 aliphatic heterocycles. The number of ether oxygens (including phenoxy) is 1. The van der Waals surface area contributed by atoms with E-state index in [1.165, 1.54) is 21.8 Å². The standard InChI is InChI=1S/C23H29N3O2/c1-15(2)26-20-10-6-5-9-18(20)22-16(3)19(11-12-21(22)26)24-23(27)25-13-7-8-17(25)14-28-4/h5-6,9-12,15,17H,7-8,13-14H2,1-4H3,(H,24,27)/t17-/m0/s1. The highest BCUT2D eigenvalue weighted by Crippen LogP contribution is 2.36. The molecule has 0 unspecified atom stereocenters. The van der Waals surface area contributed by atoms with Crippen molar-refractivity contribution < 1.29 is 9.53 Å². The molecule has 0 bridgehead atoms. The van der Waals surface area contributed by atoms with Gasteiger partial charge in [-0.15, -0.1) is 0 Å². The Labute approximate surface area is 166 Å². The third-order valence-corrected chi connectivity index (χ3v) is 5.89. The van der Waals surface area contributed by atoms with Gasteiger partial charge in [0.05, 0.1) is 12.6 Å². The van der Waals surface area contributed by atoms with Crippen molar-refractivity contribution in [2.45, 2.75) is 45.7 Å². The highest BCUT2D eigenvalue weighted by atomic mass is 16.5. The lowest BCUT2D eigenvalue weighted by Crippen LogP contribution is -2.40. The van der Waals surface area contributed by atoms with E-state index in [-0.39, 0.29) is 12.1 Å². The van der Waals surface area contributed by atoms with Gasteiger partial charge in [0.2, 0.25) is 0 Å². The maximum Gasteiger partial charge on any atom is 0.322 e. The number of carbonyl (C=O) groups excluding carboxylic acids is 1. The number of likely N-dealkylation sites (tertiary alicyclic amines) is 1. The fourth-order valence-corrected chi connectivity index (χ4v) is 4.61. The summed E-state index contributed by atoms with van der Waals surface area (Å²) in [6.45, 7) is 7.90. The smallest absolute Gasteiger partial charge is 0.322 e. The summed E-state index contributed by atoms with van der Waals surface area (Å²) in [5.41, 5.74) is 4.44. The minimum absolute atomic E-state index is 0.0328. The number of benzene rings is 2. The number of rotatable bonds is 4. The Morgan fingerprint density at radius 1 is 1.21 bits per heavy atom. The van der Waals surface area contributed by atoms with Crippen LogP contribution in [0.1, 0.15) is 38.3 Å². The van der Waals surface area contributed by atoms with Crippen molar-refractivity contribution in [3.63, 3.8) is 0 Å². The maximum absolute atomic E-state index is 12.9. The molecule has 1 aliphatic rings. The molecule has 2 amide bonds. The average Bonchev–Trinajstić information content (AvgIpc) is 3.26. The molecule has 4 rings (SSSR count). The van der Waals surface area contributed by atoms with Gasteiger partial charge in [0.15, 0.2) is 0 Å². The fourth-order valence-electron chi connectivity index (χ4n) is 4.61. The van der Waals surface area contributed by atoms with Crippen molar-refractivity contribution in [2.24, 2.45) is 0 Å². The van der Waals surface area contributed by atoms with Crippen LogP contribution in [0, 0.1) is 6.92 Å². The van der Waals surface area contributed by atoms with E-state index in [9.17, 15) is 4.79 Å². The second kappa shape index (κ2) is 7.47. The van der Waals surface area contributed by atoms with Crippen molar-refractivity contribution in [1.29, 1.82) is 0 Å². The Balaban J connectivity index is 1.74. The SMILES string of the molecule is COC[C@@H]1CCCN1C(=O)Nc1ccc2c(c1C)c1ccccc1n2C(C)C. The molecule has 1 N–H and O–H groups in total. The van der Waals surface area contributed by atoms with E-state index in [0.29, 0.717) is 12.6 Å². The number of aryl methyl sites for hydroxylation is 1. The minimum atomic E-state index is -0.0328. The van der Waals surface area contributed by atoms with E-state index in [1.54, 1.807) is 7.11 Å². The molecule has 1 fully saturated rings. The molecule has 1 aromatic heterocycles. The van der Waals surface area contributed by atoms with Gasteiger partial charge in [-0.1, -0.05) is 18.2 Å². The lowest BCUT2D eigenvalue weighted by atomic mass is 10.1. The summed E-state index contributed by atoms with van der Waals surface area (Å²) in [4.78, 5) is 14.8. The highest BCUT2D eigenvalue weighted by molar-refractivity contribution is 6.12. The zero-order valence-corrected chi connectivity index (χ0v) is 17.2. The Hall–Kier alpha value is -2.53. The normalized spacial score (nSPS) is 17.2. The summed E-state index contributed by atoms with van der Waals surface area (Å²) in [6.07, 6.45) is 2.03. The number of methoxy groups -OCH3 is 1. The number of nitrogens with one attached hydrogen (secondary N) is 1. The zero-order chi connectivity index (χ0) is 19.8. The van der Waals surface area contributed by atoms with Crippen LogP contribution in [0.5, 0.6) is 0 Å². The van der Waals surface area contributed by atoms with Crippen molar-refractivity contribution in [1.82, 2.24) is 9.47 Å². The number of fused-ring (bicyclic) bond motifs is 3. The van der Waals surface area contributed by atoms with Gasteiger partial charge in [0.1, 0.15) is 0 Å². The lowest BCUT2D eigenvalue weighted by molar-refractivity contribution is 0.128. The Morgan fingerprint density at radius 2 is 2.00 bits per heavy atom. The Morgan fingerprint density at radius 3 is 2.75 bits per heavy atom. The molecule has 5 nitrogen and oxygen atoms in total. The van der Waals surface area contributed by atoms with E-state index < -0.39 is 0 Å². The molecule has 0 spiro atoms. The minimum Gasteiger partial charge on any atom is -0.383 e. The van der Waals surface area contributed by atoms with Crippen LogP contribution in [0.15, 0.2) is 36.4 Å². The van der Waals surface area contributed by atoms with E-state index >= 15 is 0 Å². The summed E-state index contributed by atoms with van der Waals surface area (Å²) >= 11 is 0. The van der Waals surface area contributed by atoms with Crippen LogP contribution >= 0.6 is 0 Å². The Bertz CT molecular complexity index is 1020. The molecule has 1 atom stereocenters. The number of carbonyl (C=O) groups is 1. The average molecular weight is 380 g/mol. The number of urea groups is 1. The van der Waals surface area contributed by atoms with Gasteiger partial charge < -0.3 is 19.5 Å². The van der Waals surface area contributed by atoms with Crippen molar-refractivity contribution in [3.8, 4) is 0 Å². The molecule has 3 aromatic rings. The van der Waals surface area contributed by atoms with E-state index in [0.717, 1.165) is 30.6 Å². The van der Waals surface area contributed by atoms with Gasteiger partial charge >= 0.3 is 6.03 Å². The number of anilines is 1. The van der Waals surface area contributed by atoms with Crippen LogP contribution in [0.4, 0.5) is 10.5 Å². The quantitative estimate of drug-likeness (QED) is 0.666. The summed E-state index contributed by atoms with van der Waals surface area (Å²) in [5.74, 6) is 0. The molecule has 0 aliphatic carbocycles. The number of hydrogen-bond acceptors (Lipinski definition) is 2. The van der Waals surface area contributed by atoms with Crippen LogP contribution in [0.3, 0.4) is 0 Å². The summed E-state index contributed by atoms with van der Waals surface area (Å²) in [6, 6.07) is 13.2. The molecule has 2 aromatic carbocycles. The van der Waals surface area contributed by atoms with Gasteiger partial charge in [-0.05, 0) is 57.4 Å². The molecule has 5 heteroatoms.